The third-order valence-electron chi connectivity index (χ3n) is 4.02. The number of urea groups is 1. The van der Waals surface area contributed by atoms with Gasteiger partial charge in [-0.1, -0.05) is 36.4 Å². The van der Waals surface area contributed by atoms with Crippen molar-refractivity contribution in [3.63, 3.8) is 0 Å². The van der Waals surface area contributed by atoms with Gasteiger partial charge in [-0.25, -0.2) is 4.79 Å². The Labute approximate surface area is 131 Å². The molecule has 0 radical (unpaired) electrons. The molecule has 0 spiro atoms. The largest absolute Gasteiger partial charge is 0.376 e. The van der Waals surface area contributed by atoms with Gasteiger partial charge < -0.3 is 15.5 Å². The minimum Gasteiger partial charge on any atom is -0.376 e. The molecule has 22 heavy (non-hydrogen) atoms. The van der Waals surface area contributed by atoms with E-state index >= 15 is 0 Å². The Morgan fingerprint density at radius 3 is 2.23 bits per heavy atom. The topological polar surface area (TPSA) is 44.4 Å². The molecule has 2 N–H and O–H groups in total. The van der Waals surface area contributed by atoms with Crippen LogP contribution in [0.3, 0.4) is 0 Å². The van der Waals surface area contributed by atoms with Crippen LogP contribution in [0.1, 0.15) is 11.1 Å². The fraction of sp³-hybridized carbons (Fsp3) is 0.278. The number of para-hydroxylation sites is 2. The maximum Gasteiger partial charge on any atom is 0.319 e. The fourth-order valence-corrected chi connectivity index (χ4v) is 2.97. The van der Waals surface area contributed by atoms with E-state index in [1.807, 2.05) is 43.3 Å². The molecule has 1 aliphatic rings. The summed E-state index contributed by atoms with van der Waals surface area (Å²) in [5.41, 5.74) is 4.48. The number of hydrogen-bond donors (Lipinski definition) is 2. The highest BCUT2D eigenvalue weighted by Gasteiger charge is 2.22. The van der Waals surface area contributed by atoms with Crippen molar-refractivity contribution in [2.75, 3.05) is 24.3 Å². The Bertz CT molecular complexity index is 657. The Hall–Kier alpha value is -2.49. The molecule has 0 saturated heterocycles. The van der Waals surface area contributed by atoms with Crippen LogP contribution in [0.2, 0.25) is 0 Å². The molecule has 0 heterocycles. The number of amides is 2. The highest BCUT2D eigenvalue weighted by molar-refractivity contribution is 5.93. The van der Waals surface area contributed by atoms with Crippen molar-refractivity contribution >= 4 is 17.4 Å². The predicted octanol–water partition coefficient (Wildman–Crippen LogP) is 3.04. The molecule has 0 saturated carbocycles. The zero-order chi connectivity index (χ0) is 15.5. The van der Waals surface area contributed by atoms with Gasteiger partial charge in [0, 0.05) is 20.1 Å². The van der Waals surface area contributed by atoms with Gasteiger partial charge in [-0.15, -0.1) is 0 Å². The molecule has 0 aromatic heterocycles. The minimum absolute atomic E-state index is 0.146. The first kappa shape index (κ1) is 14.4. The van der Waals surface area contributed by atoms with Crippen LogP contribution >= 0.6 is 0 Å². The van der Waals surface area contributed by atoms with E-state index in [2.05, 4.69) is 34.9 Å². The molecule has 3 rings (SSSR count). The van der Waals surface area contributed by atoms with E-state index in [0.29, 0.717) is 0 Å². The number of benzene rings is 2. The molecule has 0 bridgehead atoms. The SMILES string of the molecule is CN(C)c1ccccc1NC(=O)NC1Cc2ccccc2C1. The van der Waals surface area contributed by atoms with Gasteiger partial charge >= 0.3 is 6.03 Å². The van der Waals surface area contributed by atoms with E-state index in [1.165, 1.54) is 11.1 Å². The van der Waals surface area contributed by atoms with Crippen molar-refractivity contribution in [3.05, 3.63) is 59.7 Å². The van der Waals surface area contributed by atoms with Crippen molar-refractivity contribution in [2.24, 2.45) is 0 Å². The van der Waals surface area contributed by atoms with Gasteiger partial charge in [-0.2, -0.15) is 0 Å². The second-order valence-corrected chi connectivity index (χ2v) is 5.88. The van der Waals surface area contributed by atoms with Gasteiger partial charge in [-0.05, 0) is 36.1 Å². The minimum atomic E-state index is -0.146. The maximum absolute atomic E-state index is 12.3. The summed E-state index contributed by atoms with van der Waals surface area (Å²) in [5, 5.41) is 6.03. The third-order valence-corrected chi connectivity index (χ3v) is 4.02. The molecular weight excluding hydrogens is 274 g/mol. The molecule has 0 fully saturated rings. The summed E-state index contributed by atoms with van der Waals surface area (Å²) in [7, 11) is 3.93. The summed E-state index contributed by atoms with van der Waals surface area (Å²) in [4.78, 5) is 14.2. The van der Waals surface area contributed by atoms with E-state index in [0.717, 1.165) is 24.2 Å². The lowest BCUT2D eigenvalue weighted by molar-refractivity contribution is 0.249. The number of rotatable bonds is 3. The molecule has 1 aliphatic carbocycles. The van der Waals surface area contributed by atoms with Crippen LogP contribution in [0.25, 0.3) is 0 Å². The molecule has 2 amide bonds. The second kappa shape index (κ2) is 6.10. The number of hydrogen-bond acceptors (Lipinski definition) is 2. The molecule has 4 heteroatoms. The smallest absolute Gasteiger partial charge is 0.319 e. The molecule has 2 aromatic rings. The van der Waals surface area contributed by atoms with Gasteiger partial charge in [0.2, 0.25) is 0 Å². The standard InChI is InChI=1S/C18H21N3O/c1-21(2)17-10-6-5-9-16(17)20-18(22)19-15-11-13-7-3-4-8-14(13)12-15/h3-10,15H,11-12H2,1-2H3,(H2,19,20,22). The highest BCUT2D eigenvalue weighted by Crippen LogP contribution is 2.24. The number of anilines is 2. The summed E-state index contributed by atoms with van der Waals surface area (Å²) >= 11 is 0. The summed E-state index contributed by atoms with van der Waals surface area (Å²) in [6.45, 7) is 0. The molecule has 114 valence electrons. The van der Waals surface area contributed by atoms with Crippen LogP contribution in [-0.2, 0) is 12.8 Å². The van der Waals surface area contributed by atoms with Crippen molar-refractivity contribution in [3.8, 4) is 0 Å². The van der Waals surface area contributed by atoms with Gasteiger partial charge in [0.05, 0.1) is 11.4 Å². The van der Waals surface area contributed by atoms with E-state index in [1.54, 1.807) is 0 Å². The molecule has 0 unspecified atom stereocenters. The average Bonchev–Trinajstić information content (AvgIpc) is 2.89. The Balaban J connectivity index is 1.63. The average molecular weight is 295 g/mol. The zero-order valence-electron chi connectivity index (χ0n) is 13.0. The number of carbonyl (C=O) groups is 1. The fourth-order valence-electron chi connectivity index (χ4n) is 2.97. The van der Waals surface area contributed by atoms with Crippen LogP contribution in [0.5, 0.6) is 0 Å². The Morgan fingerprint density at radius 1 is 1.00 bits per heavy atom. The van der Waals surface area contributed by atoms with Crippen molar-refractivity contribution < 1.29 is 4.79 Å². The lowest BCUT2D eigenvalue weighted by Crippen LogP contribution is -2.38. The van der Waals surface area contributed by atoms with E-state index < -0.39 is 0 Å². The van der Waals surface area contributed by atoms with E-state index in [9.17, 15) is 4.79 Å². The summed E-state index contributed by atoms with van der Waals surface area (Å²) in [5.74, 6) is 0. The zero-order valence-corrected chi connectivity index (χ0v) is 13.0. The molecule has 4 nitrogen and oxygen atoms in total. The van der Waals surface area contributed by atoms with Crippen LogP contribution in [0, 0.1) is 0 Å². The van der Waals surface area contributed by atoms with Crippen molar-refractivity contribution in [1.29, 1.82) is 0 Å². The maximum atomic E-state index is 12.3. The quantitative estimate of drug-likeness (QED) is 0.914. The number of fused-ring (bicyclic) bond motifs is 1. The lowest BCUT2D eigenvalue weighted by atomic mass is 10.1. The van der Waals surface area contributed by atoms with Gasteiger partial charge in [0.1, 0.15) is 0 Å². The highest BCUT2D eigenvalue weighted by atomic mass is 16.2. The molecule has 0 atom stereocenters. The number of nitrogens with one attached hydrogen (secondary N) is 2. The number of carbonyl (C=O) groups excluding carboxylic acids is 1. The second-order valence-electron chi connectivity index (χ2n) is 5.88. The predicted molar refractivity (Wildman–Crippen MR) is 90.6 cm³/mol. The molecule has 2 aromatic carbocycles. The molecule has 0 aliphatic heterocycles. The lowest BCUT2D eigenvalue weighted by Gasteiger charge is -2.19. The van der Waals surface area contributed by atoms with E-state index in [4.69, 9.17) is 0 Å². The number of nitrogens with zero attached hydrogens (tertiary/aromatic N) is 1. The Morgan fingerprint density at radius 2 is 1.59 bits per heavy atom. The van der Waals surface area contributed by atoms with Crippen LogP contribution in [0.15, 0.2) is 48.5 Å². The van der Waals surface area contributed by atoms with Crippen molar-refractivity contribution in [2.45, 2.75) is 18.9 Å². The summed E-state index contributed by atoms with van der Waals surface area (Å²) in [6, 6.07) is 16.2. The van der Waals surface area contributed by atoms with Gasteiger partial charge in [0.25, 0.3) is 0 Å². The van der Waals surface area contributed by atoms with E-state index in [-0.39, 0.29) is 12.1 Å². The van der Waals surface area contributed by atoms with Gasteiger partial charge in [0.15, 0.2) is 0 Å². The van der Waals surface area contributed by atoms with Crippen LogP contribution < -0.4 is 15.5 Å². The first-order valence-electron chi connectivity index (χ1n) is 7.54. The normalized spacial score (nSPS) is 13.5. The van der Waals surface area contributed by atoms with Crippen LogP contribution in [-0.4, -0.2) is 26.2 Å². The first-order valence-corrected chi connectivity index (χ1v) is 7.54. The van der Waals surface area contributed by atoms with Crippen LogP contribution in [0.4, 0.5) is 16.2 Å². The summed E-state index contributed by atoms with van der Waals surface area (Å²) < 4.78 is 0. The molecular formula is C18H21N3O. The van der Waals surface area contributed by atoms with Gasteiger partial charge in [-0.3, -0.25) is 0 Å². The third kappa shape index (κ3) is 3.06. The first-order chi connectivity index (χ1) is 10.6. The summed E-state index contributed by atoms with van der Waals surface area (Å²) in [6.07, 6.45) is 1.80. The Kier molecular flexibility index (Phi) is 4.00. The van der Waals surface area contributed by atoms with Crippen molar-refractivity contribution in [1.82, 2.24) is 5.32 Å². The monoisotopic (exact) mass is 295 g/mol.